The molecule has 0 aliphatic rings. The monoisotopic (exact) mass is 316 g/mol. The number of ether oxygens (including phenoxy) is 1. The van der Waals surface area contributed by atoms with Gasteiger partial charge in [-0.2, -0.15) is 9.36 Å². The highest BCUT2D eigenvalue weighted by Crippen LogP contribution is 2.22. The van der Waals surface area contributed by atoms with Gasteiger partial charge in [0.25, 0.3) is 5.89 Å². The lowest BCUT2D eigenvalue weighted by molar-refractivity contribution is 0.0430. The largest absolute Gasteiger partial charge is 0.452 e. The molecule has 0 atom stereocenters. The molecule has 0 spiro atoms. The van der Waals surface area contributed by atoms with E-state index in [1.165, 1.54) is 0 Å². The molecule has 3 rings (SSSR count). The summed E-state index contributed by atoms with van der Waals surface area (Å²) in [6.45, 7) is 1.58. The number of esters is 1. The van der Waals surface area contributed by atoms with Crippen LogP contribution in [0.5, 0.6) is 0 Å². The maximum Gasteiger partial charge on any atom is 0.343 e. The number of hydrogen-bond donors (Lipinski definition) is 1. The molecule has 2 N–H and O–H groups in total. The average molecular weight is 316 g/mol. The number of nitrogens with two attached hydrogens (primary N) is 1. The third-order valence-corrected chi connectivity index (χ3v) is 3.69. The minimum absolute atomic E-state index is 0.118. The van der Waals surface area contributed by atoms with Crippen molar-refractivity contribution in [2.24, 2.45) is 0 Å². The Morgan fingerprint density at radius 1 is 1.36 bits per heavy atom. The Balaban J connectivity index is 1.68. The lowest BCUT2D eigenvalue weighted by atomic mass is 10.2. The van der Waals surface area contributed by atoms with Crippen LogP contribution in [-0.4, -0.2) is 20.5 Å². The Morgan fingerprint density at radius 2 is 2.14 bits per heavy atom. The van der Waals surface area contributed by atoms with Crippen molar-refractivity contribution < 1.29 is 14.1 Å². The molecule has 8 heteroatoms. The first-order chi connectivity index (χ1) is 10.6. The van der Waals surface area contributed by atoms with E-state index in [1.807, 2.05) is 30.3 Å². The molecule has 2 heterocycles. The van der Waals surface area contributed by atoms with Crippen LogP contribution < -0.4 is 5.73 Å². The van der Waals surface area contributed by atoms with E-state index in [4.69, 9.17) is 15.0 Å². The summed E-state index contributed by atoms with van der Waals surface area (Å²) in [5.74, 6) is 0.106. The summed E-state index contributed by atoms with van der Waals surface area (Å²) in [6, 6.07) is 9.37. The molecule has 0 aliphatic heterocycles. The van der Waals surface area contributed by atoms with E-state index >= 15 is 0 Å². The van der Waals surface area contributed by atoms with Gasteiger partial charge in [-0.3, -0.25) is 0 Å². The zero-order valence-electron chi connectivity index (χ0n) is 11.6. The second kappa shape index (κ2) is 5.94. The predicted molar refractivity (Wildman–Crippen MR) is 80.1 cm³/mol. The number of benzene rings is 1. The van der Waals surface area contributed by atoms with Gasteiger partial charge in [0, 0.05) is 5.56 Å². The SMILES string of the molecule is Cc1nsc(N)c1C(=O)OCc1nc(-c2ccccc2)no1. The Labute approximate surface area is 129 Å². The van der Waals surface area contributed by atoms with Crippen molar-refractivity contribution >= 4 is 22.5 Å². The zero-order chi connectivity index (χ0) is 15.5. The summed E-state index contributed by atoms with van der Waals surface area (Å²) in [5, 5.41) is 4.18. The second-order valence-electron chi connectivity index (χ2n) is 4.46. The summed E-state index contributed by atoms with van der Waals surface area (Å²) >= 11 is 1.06. The van der Waals surface area contributed by atoms with Gasteiger partial charge in [-0.25, -0.2) is 4.79 Å². The van der Waals surface area contributed by atoms with Crippen molar-refractivity contribution in [2.75, 3.05) is 5.73 Å². The van der Waals surface area contributed by atoms with Gasteiger partial charge < -0.3 is 15.0 Å². The first-order valence-electron chi connectivity index (χ1n) is 6.42. The molecule has 1 aromatic carbocycles. The maximum absolute atomic E-state index is 12.0. The predicted octanol–water partition coefficient (Wildman–Crippen LogP) is 2.44. The van der Waals surface area contributed by atoms with Gasteiger partial charge in [-0.1, -0.05) is 35.5 Å². The second-order valence-corrected chi connectivity index (χ2v) is 5.27. The molecule has 0 saturated carbocycles. The summed E-state index contributed by atoms with van der Waals surface area (Å²) in [5.41, 5.74) is 7.35. The van der Waals surface area contributed by atoms with Gasteiger partial charge in [0.05, 0.1) is 5.69 Å². The lowest BCUT2D eigenvalue weighted by Crippen LogP contribution is -2.08. The zero-order valence-corrected chi connectivity index (χ0v) is 12.5. The van der Waals surface area contributed by atoms with Crippen LogP contribution in [0.4, 0.5) is 5.00 Å². The highest BCUT2D eigenvalue weighted by atomic mass is 32.1. The van der Waals surface area contributed by atoms with E-state index in [0.29, 0.717) is 16.5 Å². The van der Waals surface area contributed by atoms with Crippen LogP contribution in [0.1, 0.15) is 21.9 Å². The number of anilines is 1. The number of hydrogen-bond acceptors (Lipinski definition) is 8. The molecule has 112 valence electrons. The molecule has 0 saturated heterocycles. The third kappa shape index (κ3) is 2.82. The van der Waals surface area contributed by atoms with E-state index in [-0.39, 0.29) is 18.1 Å². The Bertz CT molecular complexity index is 778. The van der Waals surface area contributed by atoms with E-state index in [9.17, 15) is 4.79 Å². The number of nitrogen functional groups attached to an aromatic ring is 1. The highest BCUT2D eigenvalue weighted by Gasteiger charge is 2.19. The fourth-order valence-corrected chi connectivity index (χ4v) is 2.50. The number of carbonyl (C=O) groups excluding carboxylic acids is 1. The van der Waals surface area contributed by atoms with Gasteiger partial charge in [0.1, 0.15) is 10.6 Å². The van der Waals surface area contributed by atoms with Crippen molar-refractivity contribution in [2.45, 2.75) is 13.5 Å². The van der Waals surface area contributed by atoms with Crippen LogP contribution in [0.2, 0.25) is 0 Å². The lowest BCUT2D eigenvalue weighted by Gasteiger charge is -2.01. The van der Waals surface area contributed by atoms with Gasteiger partial charge in [-0.15, -0.1) is 0 Å². The molecule has 0 radical (unpaired) electrons. The molecule has 0 bridgehead atoms. The van der Waals surface area contributed by atoms with E-state index in [2.05, 4.69) is 14.5 Å². The minimum Gasteiger partial charge on any atom is -0.452 e. The van der Waals surface area contributed by atoms with Crippen LogP contribution in [0, 0.1) is 6.92 Å². The van der Waals surface area contributed by atoms with Gasteiger partial charge in [0.2, 0.25) is 5.82 Å². The molecular weight excluding hydrogens is 304 g/mol. The molecule has 0 amide bonds. The van der Waals surface area contributed by atoms with Crippen LogP contribution in [-0.2, 0) is 11.3 Å². The molecule has 7 nitrogen and oxygen atoms in total. The van der Waals surface area contributed by atoms with Gasteiger partial charge in [0.15, 0.2) is 6.61 Å². The molecule has 2 aromatic heterocycles. The van der Waals surface area contributed by atoms with E-state index < -0.39 is 5.97 Å². The highest BCUT2D eigenvalue weighted by molar-refractivity contribution is 7.10. The van der Waals surface area contributed by atoms with Crippen LogP contribution in [0.3, 0.4) is 0 Å². The average Bonchev–Trinajstić information content (AvgIpc) is 3.13. The number of nitrogens with zero attached hydrogens (tertiary/aromatic N) is 3. The Hall–Kier alpha value is -2.74. The standard InChI is InChI=1S/C14H12N4O3S/c1-8-11(12(15)22-18-8)14(19)20-7-10-16-13(17-21-10)9-5-3-2-4-6-9/h2-6H,7,15H2,1H3. The Morgan fingerprint density at radius 3 is 2.82 bits per heavy atom. The number of aryl methyl sites for hydroxylation is 1. The summed E-state index contributed by atoms with van der Waals surface area (Å²) < 4.78 is 14.2. The van der Waals surface area contributed by atoms with Crippen LogP contribution in [0.25, 0.3) is 11.4 Å². The van der Waals surface area contributed by atoms with Crippen LogP contribution >= 0.6 is 11.5 Å². The smallest absolute Gasteiger partial charge is 0.343 e. The fourth-order valence-electron chi connectivity index (χ4n) is 1.85. The van der Waals surface area contributed by atoms with Crippen molar-refractivity contribution in [3.63, 3.8) is 0 Å². The quantitative estimate of drug-likeness (QED) is 0.737. The molecule has 22 heavy (non-hydrogen) atoms. The summed E-state index contributed by atoms with van der Waals surface area (Å²) in [7, 11) is 0. The Kier molecular flexibility index (Phi) is 3.84. The van der Waals surface area contributed by atoms with E-state index in [0.717, 1.165) is 17.1 Å². The van der Waals surface area contributed by atoms with Crippen molar-refractivity contribution in [3.05, 3.63) is 47.5 Å². The van der Waals surface area contributed by atoms with E-state index in [1.54, 1.807) is 6.92 Å². The molecule has 3 aromatic rings. The normalized spacial score (nSPS) is 10.6. The molecule has 0 fully saturated rings. The first kappa shape index (κ1) is 14.2. The van der Waals surface area contributed by atoms with Crippen molar-refractivity contribution in [3.8, 4) is 11.4 Å². The number of aromatic nitrogens is 3. The van der Waals surface area contributed by atoms with Crippen molar-refractivity contribution in [1.29, 1.82) is 0 Å². The topological polar surface area (TPSA) is 104 Å². The number of rotatable bonds is 4. The van der Waals surface area contributed by atoms with Crippen molar-refractivity contribution in [1.82, 2.24) is 14.5 Å². The molecule has 0 unspecified atom stereocenters. The fraction of sp³-hybridized carbons (Fsp3) is 0.143. The van der Waals surface area contributed by atoms with Gasteiger partial charge >= 0.3 is 5.97 Å². The molecular formula is C14H12N4O3S. The van der Waals surface area contributed by atoms with Crippen LogP contribution in [0.15, 0.2) is 34.9 Å². The number of carbonyl (C=O) groups is 1. The first-order valence-corrected chi connectivity index (χ1v) is 7.19. The summed E-state index contributed by atoms with van der Waals surface area (Å²) in [6.07, 6.45) is 0. The minimum atomic E-state index is -0.553. The third-order valence-electron chi connectivity index (χ3n) is 2.92. The summed E-state index contributed by atoms with van der Waals surface area (Å²) in [4.78, 5) is 16.2. The molecule has 0 aliphatic carbocycles. The van der Waals surface area contributed by atoms with Gasteiger partial charge in [-0.05, 0) is 18.5 Å². The maximum atomic E-state index is 12.0.